The van der Waals surface area contributed by atoms with Crippen LogP contribution in [-0.2, 0) is 56.3 Å². The number of hydrogen-bond acceptors (Lipinski definition) is 15. The van der Waals surface area contributed by atoms with E-state index in [2.05, 4.69) is 56.7 Å². The lowest BCUT2D eigenvalue weighted by molar-refractivity contribution is 0.0509. The second-order valence-corrected chi connectivity index (χ2v) is 21.5. The average molecular weight is 1340 g/mol. The van der Waals surface area contributed by atoms with Gasteiger partial charge >= 0.3 is 29.8 Å². The molecule has 0 N–H and O–H groups in total. The normalized spacial score (nSPS) is 10.8. The molecule has 20 nitrogen and oxygen atoms in total. The number of carbonyl (C=O) groups excluding carboxylic acids is 5. The Labute approximate surface area is 559 Å². The van der Waals surface area contributed by atoms with Crippen molar-refractivity contribution in [1.82, 2.24) is 48.9 Å². The topological polar surface area (TPSA) is 221 Å². The van der Waals surface area contributed by atoms with Crippen molar-refractivity contribution in [2.75, 3.05) is 33.0 Å². The van der Waals surface area contributed by atoms with Gasteiger partial charge in [-0.3, -0.25) is 23.4 Å². The molecule has 5 heterocycles. The minimum absolute atomic E-state index is 0.0874. The number of rotatable bonds is 21. The predicted octanol–water partition coefficient (Wildman–Crippen LogP) is 13.5. The third kappa shape index (κ3) is 22.7. The van der Waals surface area contributed by atoms with E-state index in [9.17, 15) is 45.9 Å². The molecule has 10 aromatic rings. The van der Waals surface area contributed by atoms with Crippen molar-refractivity contribution in [1.29, 1.82) is 0 Å². The Balaban J connectivity index is 0.000000192. The zero-order chi connectivity index (χ0) is 70.7. The summed E-state index contributed by atoms with van der Waals surface area (Å²) < 4.78 is 98.6. The molecular weight excluding hydrogens is 1260 g/mol. The first-order valence-corrected chi connectivity index (χ1v) is 31.3. The molecule has 0 amide bonds. The third-order valence-corrected chi connectivity index (χ3v) is 14.2. The minimum atomic E-state index is -0.905. The van der Waals surface area contributed by atoms with Crippen LogP contribution >= 0.6 is 0 Å². The van der Waals surface area contributed by atoms with E-state index in [0.29, 0.717) is 53.6 Å². The predicted molar refractivity (Wildman–Crippen MR) is 351 cm³/mol. The lowest BCUT2D eigenvalue weighted by Gasteiger charge is -2.14. The number of carbonyl (C=O) groups is 5. The van der Waals surface area contributed by atoms with Crippen LogP contribution in [0.25, 0.3) is 0 Å². The molecule has 0 aliphatic carbocycles. The molecule has 1 atom stereocenters. The molecule has 0 aliphatic heterocycles. The summed E-state index contributed by atoms with van der Waals surface area (Å²) in [5.41, 5.74) is 9.46. The first kappa shape index (κ1) is 75.2. The highest BCUT2D eigenvalue weighted by atomic mass is 19.2. The van der Waals surface area contributed by atoms with E-state index < -0.39 is 41.2 Å². The zero-order valence-corrected chi connectivity index (χ0v) is 56.0. The van der Waals surface area contributed by atoms with Crippen LogP contribution in [0.1, 0.15) is 156 Å². The molecule has 5 aromatic heterocycles. The molecule has 10 rings (SSSR count). The fourth-order valence-electron chi connectivity index (χ4n) is 9.38. The smallest absolute Gasteiger partial charge is 0.358 e. The van der Waals surface area contributed by atoms with E-state index in [1.54, 1.807) is 106 Å². The lowest BCUT2D eigenvalue weighted by atomic mass is 10.1. The van der Waals surface area contributed by atoms with Gasteiger partial charge in [0.05, 0.1) is 58.7 Å². The van der Waals surface area contributed by atoms with Gasteiger partial charge in [0.1, 0.15) is 17.5 Å². The number of hydrogen-bond donors (Lipinski definition) is 0. The second-order valence-electron chi connectivity index (χ2n) is 21.5. The first-order valence-electron chi connectivity index (χ1n) is 31.3. The average Bonchev–Trinajstić information content (AvgIpc) is 1.75. The van der Waals surface area contributed by atoms with Gasteiger partial charge in [-0.05, 0) is 165 Å². The maximum Gasteiger partial charge on any atom is 0.358 e. The van der Waals surface area contributed by atoms with Crippen molar-refractivity contribution in [3.05, 3.63) is 266 Å². The Morgan fingerprint density at radius 1 is 0.371 bits per heavy atom. The van der Waals surface area contributed by atoms with Crippen LogP contribution in [0.3, 0.4) is 0 Å². The van der Waals surface area contributed by atoms with Crippen molar-refractivity contribution in [3.8, 4) is 0 Å². The SMILES string of the molecule is CCOC(=O)c1cc(C)n(C(C)c2ccccc2)n1.CCOC(=O)c1cc(C)n(CCc2ccccc2)n1.CCOC(=O)c1cc(C)n(Cc2cc(F)cc(F)c2)n1.CCOC(=O)c1cc(C)n(Cc2ccc(F)c(F)c2)n1.CCOC(=O)c1cc(C)n(Cc2ccccc2F)n1. The summed E-state index contributed by atoms with van der Waals surface area (Å²) >= 11 is 0. The van der Waals surface area contributed by atoms with Gasteiger partial charge in [-0.2, -0.15) is 25.5 Å². The number of halogens is 5. The lowest BCUT2D eigenvalue weighted by Crippen LogP contribution is -2.12. The Morgan fingerprint density at radius 2 is 0.753 bits per heavy atom. The summed E-state index contributed by atoms with van der Waals surface area (Å²) in [6, 6.07) is 42.2. The van der Waals surface area contributed by atoms with Gasteiger partial charge in [0.2, 0.25) is 0 Å². The molecule has 5 aromatic carbocycles. The number of aryl methyl sites for hydroxylation is 7. The van der Waals surface area contributed by atoms with E-state index in [0.717, 1.165) is 59.5 Å². The van der Waals surface area contributed by atoms with Crippen LogP contribution < -0.4 is 0 Å². The maximum atomic E-state index is 13.6. The molecule has 97 heavy (non-hydrogen) atoms. The number of nitrogens with zero attached hydrogens (tertiary/aromatic N) is 10. The standard InChI is InChI=1S/2C15H18N2O2.2C14H14F2N2O2.C14H15FN2O2/c1-4-19-15(18)14-10-11(2)17(16-14)12(3)13-8-6-5-7-9-13;1-3-19-15(18)14-11-12(2)17(16-14)10-9-13-7-5-4-6-8-13;1-3-20-14(19)13-4-9(2)18(17-13)8-10-5-11(15)7-12(16)6-10;1-3-20-14(19)13-6-9(2)18(17-13)8-10-4-5-11(15)12(16)7-10;1-3-19-14(18)13-8-10(2)17(16-13)9-11-6-4-5-7-12(11)15/h5-10,12H,4H2,1-3H3;4-8,11H,3,9-10H2,1-2H3;2*4-7H,3,8H2,1-2H3;4-8H,3,9H2,1-2H3. The number of aromatic nitrogens is 10. The highest BCUT2D eigenvalue weighted by molar-refractivity contribution is 5.89. The van der Waals surface area contributed by atoms with Gasteiger partial charge in [-0.15, -0.1) is 0 Å². The first-order chi connectivity index (χ1) is 46.4. The second kappa shape index (κ2) is 37.3. The molecule has 0 radical (unpaired) electrons. The van der Waals surface area contributed by atoms with Gasteiger partial charge in [-0.25, -0.2) is 45.9 Å². The summed E-state index contributed by atoms with van der Waals surface area (Å²) in [5, 5.41) is 21.0. The van der Waals surface area contributed by atoms with Gasteiger partial charge in [0.15, 0.2) is 40.1 Å². The molecular formula is C72H79F5N10O10. The molecule has 25 heteroatoms. The van der Waals surface area contributed by atoms with Crippen molar-refractivity contribution < 1.29 is 69.6 Å². The zero-order valence-electron chi connectivity index (χ0n) is 56.0. The summed E-state index contributed by atoms with van der Waals surface area (Å²) in [5.74, 6) is -5.57. The van der Waals surface area contributed by atoms with Crippen LogP contribution in [0.15, 0.2) is 152 Å². The van der Waals surface area contributed by atoms with Crippen LogP contribution in [0.5, 0.6) is 0 Å². The third-order valence-electron chi connectivity index (χ3n) is 14.2. The number of esters is 5. The highest BCUT2D eigenvalue weighted by Gasteiger charge is 2.20. The Kier molecular flexibility index (Phi) is 28.9. The fourth-order valence-corrected chi connectivity index (χ4v) is 9.38. The quantitative estimate of drug-likeness (QED) is 0.0371. The van der Waals surface area contributed by atoms with Gasteiger partial charge < -0.3 is 23.7 Å². The molecule has 0 spiro atoms. The van der Waals surface area contributed by atoms with Gasteiger partial charge in [0, 0.05) is 46.6 Å². The van der Waals surface area contributed by atoms with Crippen LogP contribution in [0.2, 0.25) is 0 Å². The molecule has 512 valence electrons. The molecule has 0 aliphatic rings. The van der Waals surface area contributed by atoms with Crippen LogP contribution in [0.4, 0.5) is 22.0 Å². The maximum absolute atomic E-state index is 13.6. The van der Waals surface area contributed by atoms with E-state index in [4.69, 9.17) is 23.7 Å². The van der Waals surface area contributed by atoms with Gasteiger partial charge in [0.25, 0.3) is 0 Å². The van der Waals surface area contributed by atoms with Crippen molar-refractivity contribution >= 4 is 29.8 Å². The highest BCUT2D eigenvalue weighted by Crippen LogP contribution is 2.21. The van der Waals surface area contributed by atoms with E-state index in [1.165, 1.54) is 34.5 Å². The number of ether oxygens (including phenoxy) is 5. The molecule has 0 fully saturated rings. The Morgan fingerprint density at radius 3 is 1.20 bits per heavy atom. The van der Waals surface area contributed by atoms with Crippen molar-refractivity contribution in [2.24, 2.45) is 0 Å². The fraction of sp³-hybridized carbons (Fsp3) is 0.306. The largest absolute Gasteiger partial charge is 0.461 e. The molecule has 0 bridgehead atoms. The van der Waals surface area contributed by atoms with E-state index >= 15 is 0 Å². The van der Waals surface area contributed by atoms with Crippen LogP contribution in [-0.4, -0.2) is 112 Å². The van der Waals surface area contributed by atoms with E-state index in [1.807, 2.05) is 66.5 Å². The van der Waals surface area contributed by atoms with Gasteiger partial charge in [-0.1, -0.05) is 84.9 Å². The van der Waals surface area contributed by atoms with Crippen molar-refractivity contribution in [2.45, 2.75) is 115 Å². The van der Waals surface area contributed by atoms with E-state index in [-0.39, 0.29) is 73.7 Å². The summed E-state index contributed by atoms with van der Waals surface area (Å²) in [6.07, 6.45) is 0.894. The summed E-state index contributed by atoms with van der Waals surface area (Å²) in [6.45, 7) is 23.1. The number of benzene rings is 5. The van der Waals surface area contributed by atoms with Crippen molar-refractivity contribution in [3.63, 3.8) is 0 Å². The van der Waals surface area contributed by atoms with Crippen LogP contribution in [0, 0.1) is 63.7 Å². The Hall–Kier alpha value is -10.9. The molecule has 0 saturated carbocycles. The Bertz CT molecular complexity index is 4200. The monoisotopic (exact) mass is 1340 g/mol. The molecule has 0 saturated heterocycles. The summed E-state index contributed by atoms with van der Waals surface area (Å²) in [4.78, 5) is 57.9. The summed E-state index contributed by atoms with van der Waals surface area (Å²) in [7, 11) is 0. The minimum Gasteiger partial charge on any atom is -0.461 e. The molecule has 1 unspecified atom stereocenters.